The van der Waals surface area contributed by atoms with Crippen molar-refractivity contribution in [3.05, 3.63) is 76.6 Å². The molecule has 4 rings (SSSR count). The van der Waals surface area contributed by atoms with Crippen molar-refractivity contribution in [3.8, 4) is 5.69 Å². The first-order chi connectivity index (χ1) is 20.7. The first kappa shape index (κ1) is 31.9. The van der Waals surface area contributed by atoms with Gasteiger partial charge in [-0.05, 0) is 61.6 Å². The number of rotatable bonds is 12. The molecule has 0 fully saturated rings. The van der Waals surface area contributed by atoms with E-state index in [1.807, 2.05) is 49.9 Å². The highest BCUT2D eigenvalue weighted by Crippen LogP contribution is 2.29. The topological polar surface area (TPSA) is 108 Å². The van der Waals surface area contributed by atoms with Crippen molar-refractivity contribution in [1.82, 2.24) is 19.6 Å². The van der Waals surface area contributed by atoms with Gasteiger partial charge in [-0.15, -0.1) is 0 Å². The molecule has 1 aliphatic heterocycles. The van der Waals surface area contributed by atoms with E-state index in [4.69, 9.17) is 5.10 Å². The number of nitrogens with one attached hydrogen (secondary N) is 1. The first-order valence-corrected chi connectivity index (χ1v) is 15.5. The molecule has 0 radical (unpaired) electrons. The highest BCUT2D eigenvalue weighted by molar-refractivity contribution is 6.01. The number of carbonyl (C=O) groups is 3. The van der Waals surface area contributed by atoms with Gasteiger partial charge in [0, 0.05) is 36.9 Å². The molecule has 9 heteroatoms. The summed E-state index contributed by atoms with van der Waals surface area (Å²) in [5.41, 5.74) is 4.53. The number of fused-ring (bicyclic) bond motifs is 1. The van der Waals surface area contributed by atoms with Crippen LogP contribution in [0.3, 0.4) is 0 Å². The van der Waals surface area contributed by atoms with E-state index < -0.39 is 6.04 Å². The first-order valence-electron chi connectivity index (χ1n) is 15.5. The molecule has 0 aliphatic carbocycles. The van der Waals surface area contributed by atoms with Gasteiger partial charge in [0.15, 0.2) is 5.69 Å². The van der Waals surface area contributed by atoms with Crippen molar-refractivity contribution in [2.45, 2.75) is 79.3 Å². The molecule has 3 aromatic rings. The summed E-state index contributed by atoms with van der Waals surface area (Å²) in [6.45, 7) is 11.2. The number of hydrogen-bond acceptors (Lipinski definition) is 5. The SMILES string of the molecule is CCCCN(CCCC)C(=O)c1cc(C)n(-c2ccc(NC(=O)C(C)C)cc2C(=O)N2Cc3ccccc3C[C@H]2CO)n1. The minimum atomic E-state index is -0.397. The second kappa shape index (κ2) is 14.5. The van der Waals surface area contributed by atoms with Crippen LogP contribution in [0.1, 0.15) is 91.0 Å². The Hall–Kier alpha value is -3.98. The van der Waals surface area contributed by atoms with Gasteiger partial charge in [0.1, 0.15) is 0 Å². The summed E-state index contributed by atoms with van der Waals surface area (Å²) in [5, 5.41) is 17.9. The van der Waals surface area contributed by atoms with Crippen LogP contribution in [0.25, 0.3) is 5.69 Å². The van der Waals surface area contributed by atoms with Crippen LogP contribution in [-0.4, -0.2) is 68.1 Å². The molecule has 2 N–H and O–H groups in total. The molecular weight excluding hydrogens is 542 g/mol. The van der Waals surface area contributed by atoms with E-state index in [2.05, 4.69) is 19.2 Å². The number of aliphatic hydroxyl groups is 1. The third kappa shape index (κ3) is 7.33. The Morgan fingerprint density at radius 2 is 1.70 bits per heavy atom. The van der Waals surface area contributed by atoms with Crippen molar-refractivity contribution in [2.75, 3.05) is 25.0 Å². The molecule has 3 amide bonds. The molecule has 1 atom stereocenters. The Bertz CT molecular complexity index is 1440. The van der Waals surface area contributed by atoms with Crippen molar-refractivity contribution >= 4 is 23.4 Å². The number of aryl methyl sites for hydroxylation is 1. The maximum atomic E-state index is 14.3. The monoisotopic (exact) mass is 587 g/mol. The van der Waals surface area contributed by atoms with Crippen LogP contribution in [0, 0.1) is 12.8 Å². The average molecular weight is 588 g/mol. The van der Waals surface area contributed by atoms with Crippen molar-refractivity contribution in [2.24, 2.45) is 5.92 Å². The summed E-state index contributed by atoms with van der Waals surface area (Å²) < 4.78 is 1.64. The van der Waals surface area contributed by atoms with Crippen molar-refractivity contribution in [1.29, 1.82) is 0 Å². The number of anilines is 1. The van der Waals surface area contributed by atoms with Crippen LogP contribution in [0.5, 0.6) is 0 Å². The van der Waals surface area contributed by atoms with E-state index in [1.165, 1.54) is 0 Å². The third-order valence-corrected chi connectivity index (χ3v) is 8.03. The molecule has 0 unspecified atom stereocenters. The lowest BCUT2D eigenvalue weighted by atomic mass is 9.93. The maximum Gasteiger partial charge on any atom is 0.274 e. The Labute approximate surface area is 254 Å². The fourth-order valence-electron chi connectivity index (χ4n) is 5.40. The summed E-state index contributed by atoms with van der Waals surface area (Å²) in [6, 6.07) is 14.5. The molecule has 0 bridgehead atoms. The number of benzene rings is 2. The van der Waals surface area contributed by atoms with Gasteiger partial charge in [-0.3, -0.25) is 14.4 Å². The lowest BCUT2D eigenvalue weighted by Gasteiger charge is -2.36. The number of aliphatic hydroxyl groups excluding tert-OH is 1. The molecule has 0 spiro atoms. The van der Waals surface area contributed by atoms with Crippen molar-refractivity contribution in [3.63, 3.8) is 0 Å². The minimum Gasteiger partial charge on any atom is -0.394 e. The average Bonchev–Trinajstić information content (AvgIpc) is 3.40. The van der Waals surface area contributed by atoms with E-state index in [-0.39, 0.29) is 30.2 Å². The number of unbranched alkanes of at least 4 members (excludes halogenated alkanes) is 2. The Morgan fingerprint density at radius 3 is 2.33 bits per heavy atom. The Balaban J connectivity index is 1.75. The third-order valence-electron chi connectivity index (χ3n) is 8.03. The van der Waals surface area contributed by atoms with E-state index in [0.29, 0.717) is 54.4 Å². The predicted molar refractivity (Wildman–Crippen MR) is 168 cm³/mol. The molecule has 230 valence electrons. The zero-order chi connectivity index (χ0) is 31.1. The zero-order valence-electron chi connectivity index (χ0n) is 26.1. The van der Waals surface area contributed by atoms with Gasteiger partial charge in [0.05, 0.1) is 23.9 Å². The van der Waals surface area contributed by atoms with Crippen LogP contribution in [-0.2, 0) is 17.8 Å². The predicted octanol–water partition coefficient (Wildman–Crippen LogP) is 5.38. The van der Waals surface area contributed by atoms with Gasteiger partial charge in [-0.25, -0.2) is 4.68 Å². The normalized spacial score (nSPS) is 14.5. The van der Waals surface area contributed by atoms with Crippen LogP contribution < -0.4 is 5.32 Å². The lowest BCUT2D eigenvalue weighted by molar-refractivity contribution is -0.118. The summed E-state index contributed by atoms with van der Waals surface area (Å²) in [7, 11) is 0. The van der Waals surface area contributed by atoms with Crippen LogP contribution in [0.2, 0.25) is 0 Å². The molecule has 0 saturated heterocycles. The van der Waals surface area contributed by atoms with Gasteiger partial charge in [-0.1, -0.05) is 64.8 Å². The number of amides is 3. The molecule has 2 heterocycles. The standard InChI is InChI=1S/C34H45N5O4/c1-6-8-16-37(17-9-7-2)34(43)30-18-24(5)39(36-30)31-15-14-27(35-32(41)23(3)4)20-29(31)33(42)38-21-26-13-11-10-12-25(26)19-28(38)22-40/h10-15,18,20,23,28,40H,6-9,16-17,19,21-22H2,1-5H3,(H,35,41)/t28-/m0/s1. The molecule has 1 aliphatic rings. The maximum absolute atomic E-state index is 14.3. The van der Waals surface area contributed by atoms with Gasteiger partial charge in [-0.2, -0.15) is 5.10 Å². The number of hydrogen-bond donors (Lipinski definition) is 2. The summed E-state index contributed by atoms with van der Waals surface area (Å²) in [6.07, 6.45) is 4.36. The number of nitrogens with zero attached hydrogens (tertiary/aromatic N) is 4. The van der Waals surface area contributed by atoms with Crippen LogP contribution >= 0.6 is 0 Å². The van der Waals surface area contributed by atoms with Gasteiger partial charge in [0.2, 0.25) is 5.91 Å². The number of aromatic nitrogens is 2. The molecule has 0 saturated carbocycles. The Morgan fingerprint density at radius 1 is 1.02 bits per heavy atom. The van der Waals surface area contributed by atoms with Crippen LogP contribution in [0.15, 0.2) is 48.5 Å². The fraction of sp³-hybridized carbons (Fsp3) is 0.471. The summed E-state index contributed by atoms with van der Waals surface area (Å²) in [5.74, 6) is -0.792. The highest BCUT2D eigenvalue weighted by atomic mass is 16.3. The molecule has 1 aromatic heterocycles. The smallest absolute Gasteiger partial charge is 0.274 e. The number of carbonyl (C=O) groups excluding carboxylic acids is 3. The summed E-state index contributed by atoms with van der Waals surface area (Å²) in [4.78, 5) is 44.0. The molecular formula is C34H45N5O4. The summed E-state index contributed by atoms with van der Waals surface area (Å²) >= 11 is 0. The molecule has 43 heavy (non-hydrogen) atoms. The van der Waals surface area contributed by atoms with Crippen LogP contribution in [0.4, 0.5) is 5.69 Å². The fourth-order valence-corrected chi connectivity index (χ4v) is 5.40. The van der Waals surface area contributed by atoms with Gasteiger partial charge in [0.25, 0.3) is 11.8 Å². The lowest BCUT2D eigenvalue weighted by Crippen LogP contribution is -2.46. The van der Waals surface area contributed by atoms with Gasteiger partial charge < -0.3 is 20.2 Å². The van der Waals surface area contributed by atoms with Gasteiger partial charge >= 0.3 is 0 Å². The second-order valence-electron chi connectivity index (χ2n) is 11.7. The highest BCUT2D eigenvalue weighted by Gasteiger charge is 2.32. The molecule has 2 aromatic carbocycles. The van der Waals surface area contributed by atoms with E-state index in [1.54, 1.807) is 33.8 Å². The quantitative estimate of drug-likeness (QED) is 0.296. The second-order valence-corrected chi connectivity index (χ2v) is 11.7. The minimum absolute atomic E-state index is 0.120. The Kier molecular flexibility index (Phi) is 10.7. The zero-order valence-corrected chi connectivity index (χ0v) is 26.1. The van der Waals surface area contributed by atoms with E-state index in [0.717, 1.165) is 36.8 Å². The van der Waals surface area contributed by atoms with E-state index in [9.17, 15) is 19.5 Å². The van der Waals surface area contributed by atoms with Crippen molar-refractivity contribution < 1.29 is 19.5 Å². The largest absolute Gasteiger partial charge is 0.394 e. The molecule has 9 nitrogen and oxygen atoms in total. The van der Waals surface area contributed by atoms with E-state index >= 15 is 0 Å².